The molecule has 0 aliphatic rings. The van der Waals surface area contributed by atoms with Crippen molar-refractivity contribution in [1.29, 1.82) is 0 Å². The number of aromatic nitrogens is 1. The Balaban J connectivity index is 1.93. The predicted molar refractivity (Wildman–Crippen MR) is 86.8 cm³/mol. The van der Waals surface area contributed by atoms with Crippen molar-refractivity contribution in [2.75, 3.05) is 13.1 Å². The van der Waals surface area contributed by atoms with Gasteiger partial charge in [0.1, 0.15) is 11.5 Å². The molecule has 1 aromatic heterocycles. The molecule has 4 nitrogen and oxygen atoms in total. The summed E-state index contributed by atoms with van der Waals surface area (Å²) in [6.45, 7) is 5.44. The molecule has 2 aromatic rings. The quantitative estimate of drug-likeness (QED) is 0.824. The van der Waals surface area contributed by atoms with E-state index in [1.54, 1.807) is 23.6 Å². The van der Waals surface area contributed by atoms with E-state index in [-0.39, 0.29) is 17.8 Å². The first-order valence-electron chi connectivity index (χ1n) is 7.29. The number of carbonyl (C=O) groups is 1. The van der Waals surface area contributed by atoms with Gasteiger partial charge in [-0.1, -0.05) is 25.1 Å². The van der Waals surface area contributed by atoms with Gasteiger partial charge in [-0.2, -0.15) is 0 Å². The average Bonchev–Trinajstić information content (AvgIpc) is 2.96. The van der Waals surface area contributed by atoms with Crippen LogP contribution in [0.4, 0.5) is 4.39 Å². The molecule has 0 spiro atoms. The van der Waals surface area contributed by atoms with Crippen LogP contribution in [0.15, 0.2) is 29.6 Å². The Kier molecular flexibility index (Phi) is 6.03. The fourth-order valence-corrected chi connectivity index (χ4v) is 2.86. The zero-order valence-electron chi connectivity index (χ0n) is 12.7. The normalized spacial score (nSPS) is 12.1. The first-order valence-corrected chi connectivity index (χ1v) is 8.17. The summed E-state index contributed by atoms with van der Waals surface area (Å²) in [5.41, 5.74) is 0.976. The average molecular weight is 321 g/mol. The van der Waals surface area contributed by atoms with Crippen molar-refractivity contribution in [1.82, 2.24) is 15.6 Å². The maximum absolute atomic E-state index is 13.6. The van der Waals surface area contributed by atoms with Crippen LogP contribution in [0, 0.1) is 5.82 Å². The summed E-state index contributed by atoms with van der Waals surface area (Å²) in [5, 5.41) is 8.51. The number of hydrogen-bond donors (Lipinski definition) is 2. The van der Waals surface area contributed by atoms with Gasteiger partial charge < -0.3 is 10.6 Å². The molecular formula is C16H20FN3OS. The Morgan fingerprint density at radius 3 is 2.91 bits per heavy atom. The zero-order chi connectivity index (χ0) is 15.9. The lowest BCUT2D eigenvalue weighted by Gasteiger charge is -2.12. The SMILES string of the molecule is CCN[C@H](C)CNC(=O)c1csc(Cc2ccccc2F)n1. The van der Waals surface area contributed by atoms with Crippen LogP contribution in [0.25, 0.3) is 0 Å². The molecule has 1 heterocycles. The fraction of sp³-hybridized carbons (Fsp3) is 0.375. The molecule has 118 valence electrons. The smallest absolute Gasteiger partial charge is 0.270 e. The Morgan fingerprint density at radius 2 is 2.18 bits per heavy atom. The molecule has 0 saturated carbocycles. The van der Waals surface area contributed by atoms with Crippen LogP contribution in [0.5, 0.6) is 0 Å². The van der Waals surface area contributed by atoms with E-state index >= 15 is 0 Å². The molecule has 0 radical (unpaired) electrons. The molecule has 0 bridgehead atoms. The predicted octanol–water partition coefficient (Wildman–Crippen LogP) is 2.60. The molecule has 22 heavy (non-hydrogen) atoms. The second-order valence-electron chi connectivity index (χ2n) is 5.06. The molecule has 0 unspecified atom stereocenters. The largest absolute Gasteiger partial charge is 0.349 e. The Morgan fingerprint density at radius 1 is 1.41 bits per heavy atom. The van der Waals surface area contributed by atoms with Gasteiger partial charge in [0.05, 0.1) is 5.01 Å². The molecule has 0 saturated heterocycles. The van der Waals surface area contributed by atoms with E-state index in [2.05, 4.69) is 15.6 Å². The third-order valence-electron chi connectivity index (χ3n) is 3.21. The second kappa shape index (κ2) is 8.00. The van der Waals surface area contributed by atoms with Gasteiger partial charge in [-0.05, 0) is 25.1 Å². The lowest BCUT2D eigenvalue weighted by molar-refractivity contribution is 0.0946. The molecule has 1 atom stereocenters. The summed E-state index contributed by atoms with van der Waals surface area (Å²) < 4.78 is 13.6. The fourth-order valence-electron chi connectivity index (χ4n) is 2.06. The lowest BCUT2D eigenvalue weighted by atomic mass is 10.1. The van der Waals surface area contributed by atoms with Gasteiger partial charge in [-0.25, -0.2) is 9.37 Å². The summed E-state index contributed by atoms with van der Waals surface area (Å²) >= 11 is 1.37. The van der Waals surface area contributed by atoms with Crippen LogP contribution in [0.2, 0.25) is 0 Å². The summed E-state index contributed by atoms with van der Waals surface area (Å²) in [6, 6.07) is 6.82. The van der Waals surface area contributed by atoms with Gasteiger partial charge in [-0.3, -0.25) is 4.79 Å². The number of likely N-dealkylation sites (N-methyl/N-ethyl adjacent to an activating group) is 1. The zero-order valence-corrected chi connectivity index (χ0v) is 13.5. The first kappa shape index (κ1) is 16.6. The van der Waals surface area contributed by atoms with Crippen LogP contribution < -0.4 is 10.6 Å². The Bertz CT molecular complexity index is 629. The van der Waals surface area contributed by atoms with Crippen LogP contribution in [-0.4, -0.2) is 30.0 Å². The van der Waals surface area contributed by atoms with E-state index in [1.807, 2.05) is 13.8 Å². The lowest BCUT2D eigenvalue weighted by Crippen LogP contribution is -2.38. The van der Waals surface area contributed by atoms with Crippen molar-refractivity contribution in [2.24, 2.45) is 0 Å². The van der Waals surface area contributed by atoms with E-state index in [4.69, 9.17) is 0 Å². The highest BCUT2D eigenvalue weighted by Gasteiger charge is 2.12. The maximum atomic E-state index is 13.6. The number of rotatable bonds is 7. The molecule has 1 aromatic carbocycles. The highest BCUT2D eigenvalue weighted by Crippen LogP contribution is 2.16. The number of nitrogens with one attached hydrogen (secondary N) is 2. The van der Waals surface area contributed by atoms with Crippen LogP contribution >= 0.6 is 11.3 Å². The van der Waals surface area contributed by atoms with Crippen molar-refractivity contribution in [3.8, 4) is 0 Å². The van der Waals surface area contributed by atoms with Crippen molar-refractivity contribution in [3.63, 3.8) is 0 Å². The van der Waals surface area contributed by atoms with Gasteiger partial charge in [0.15, 0.2) is 0 Å². The summed E-state index contributed by atoms with van der Waals surface area (Å²) in [4.78, 5) is 16.3. The van der Waals surface area contributed by atoms with Crippen LogP contribution in [0.3, 0.4) is 0 Å². The van der Waals surface area contributed by atoms with Gasteiger partial charge >= 0.3 is 0 Å². The van der Waals surface area contributed by atoms with Gasteiger partial charge in [0.2, 0.25) is 0 Å². The van der Waals surface area contributed by atoms with Gasteiger partial charge in [-0.15, -0.1) is 11.3 Å². The topological polar surface area (TPSA) is 54.0 Å². The third kappa shape index (κ3) is 4.61. The van der Waals surface area contributed by atoms with Crippen molar-refractivity contribution < 1.29 is 9.18 Å². The minimum Gasteiger partial charge on any atom is -0.349 e. The monoisotopic (exact) mass is 321 g/mol. The number of benzene rings is 1. The van der Waals surface area contributed by atoms with E-state index in [9.17, 15) is 9.18 Å². The van der Waals surface area contributed by atoms with E-state index < -0.39 is 0 Å². The number of nitrogens with zero attached hydrogens (tertiary/aromatic N) is 1. The van der Waals surface area contributed by atoms with Crippen molar-refractivity contribution in [2.45, 2.75) is 26.3 Å². The summed E-state index contributed by atoms with van der Waals surface area (Å²) in [5.74, 6) is -0.441. The Labute approximate surface area is 133 Å². The highest BCUT2D eigenvalue weighted by atomic mass is 32.1. The molecule has 1 amide bonds. The summed E-state index contributed by atoms with van der Waals surface area (Å²) in [6.07, 6.45) is 0.401. The molecule has 0 aliphatic carbocycles. The number of amides is 1. The van der Waals surface area contributed by atoms with E-state index in [1.165, 1.54) is 17.4 Å². The number of halogens is 1. The summed E-state index contributed by atoms with van der Waals surface area (Å²) in [7, 11) is 0. The second-order valence-corrected chi connectivity index (χ2v) is 6.01. The van der Waals surface area contributed by atoms with Gasteiger partial charge in [0.25, 0.3) is 5.91 Å². The van der Waals surface area contributed by atoms with Crippen molar-refractivity contribution in [3.05, 3.63) is 51.7 Å². The molecule has 2 rings (SSSR count). The number of hydrogen-bond acceptors (Lipinski definition) is 4. The van der Waals surface area contributed by atoms with E-state index in [0.717, 1.165) is 11.6 Å². The molecule has 0 aliphatic heterocycles. The van der Waals surface area contributed by atoms with Crippen LogP contribution in [0.1, 0.15) is 34.9 Å². The minimum absolute atomic E-state index is 0.194. The molecule has 2 N–H and O–H groups in total. The highest BCUT2D eigenvalue weighted by molar-refractivity contribution is 7.09. The van der Waals surface area contributed by atoms with Crippen molar-refractivity contribution >= 4 is 17.2 Å². The molecule has 0 fully saturated rings. The minimum atomic E-state index is -0.247. The molecule has 6 heteroatoms. The first-order chi connectivity index (χ1) is 10.6. The standard InChI is InChI=1S/C16H20FN3OS/c1-3-18-11(2)9-19-16(21)14-10-22-15(20-14)8-12-6-4-5-7-13(12)17/h4-7,10-11,18H,3,8-9H2,1-2H3,(H,19,21)/t11-/m1/s1. The van der Waals surface area contributed by atoms with Crippen LogP contribution in [-0.2, 0) is 6.42 Å². The maximum Gasteiger partial charge on any atom is 0.270 e. The van der Waals surface area contributed by atoms with E-state index in [0.29, 0.717) is 24.2 Å². The third-order valence-corrected chi connectivity index (χ3v) is 4.05. The Hall–Kier alpha value is -1.79. The number of thiazole rings is 1. The van der Waals surface area contributed by atoms with Gasteiger partial charge in [0, 0.05) is 24.4 Å². The number of carbonyl (C=O) groups excluding carboxylic acids is 1. The molecular weight excluding hydrogens is 301 g/mol.